The largest absolute Gasteiger partial charge is 0.433 e. The van der Waals surface area contributed by atoms with Gasteiger partial charge in [-0.25, -0.2) is 0 Å². The second-order valence-corrected chi connectivity index (χ2v) is 3.63. The van der Waals surface area contributed by atoms with E-state index < -0.39 is 16.7 Å². The number of hydrogen-bond acceptors (Lipinski definition) is 4. The minimum absolute atomic E-state index is 0.0758. The number of furan rings is 1. The summed E-state index contributed by atoms with van der Waals surface area (Å²) in [7, 11) is 0. The monoisotopic (exact) mass is 246 g/mol. The molecule has 0 spiro atoms. The van der Waals surface area contributed by atoms with Crippen LogP contribution in [-0.2, 0) is 0 Å². The van der Waals surface area contributed by atoms with E-state index in [0.717, 1.165) is 6.07 Å². The van der Waals surface area contributed by atoms with Crippen molar-refractivity contribution >= 4 is 23.4 Å². The number of amides is 1. The van der Waals surface area contributed by atoms with E-state index in [1.54, 1.807) is 6.92 Å². The maximum absolute atomic E-state index is 11.5. The Kier molecular flexibility index (Phi) is 4.30. The molecule has 16 heavy (non-hydrogen) atoms. The van der Waals surface area contributed by atoms with Crippen LogP contribution in [0.25, 0.3) is 0 Å². The summed E-state index contributed by atoms with van der Waals surface area (Å²) < 4.78 is 4.74. The fourth-order valence-electron chi connectivity index (χ4n) is 1.08. The van der Waals surface area contributed by atoms with Crippen molar-refractivity contribution in [2.24, 2.45) is 0 Å². The molecule has 0 radical (unpaired) electrons. The number of alkyl halides is 1. The lowest BCUT2D eigenvalue weighted by Crippen LogP contribution is -2.32. The Morgan fingerprint density at radius 1 is 1.69 bits per heavy atom. The molecule has 1 atom stereocenters. The van der Waals surface area contributed by atoms with Crippen molar-refractivity contribution in [2.75, 3.05) is 5.88 Å². The van der Waals surface area contributed by atoms with Crippen molar-refractivity contribution in [1.82, 2.24) is 5.32 Å². The van der Waals surface area contributed by atoms with Crippen LogP contribution in [0.3, 0.4) is 0 Å². The van der Waals surface area contributed by atoms with Crippen LogP contribution in [0.4, 0.5) is 5.88 Å². The third-order valence-corrected chi connectivity index (χ3v) is 2.13. The molecule has 1 rings (SSSR count). The lowest BCUT2D eigenvalue weighted by Gasteiger charge is -2.10. The van der Waals surface area contributed by atoms with Crippen molar-refractivity contribution in [1.29, 1.82) is 0 Å². The van der Waals surface area contributed by atoms with Gasteiger partial charge in [0.1, 0.15) is 4.92 Å². The Bertz CT molecular complexity index is 391. The maximum atomic E-state index is 11.5. The Balaban J connectivity index is 2.62. The zero-order valence-corrected chi connectivity index (χ0v) is 9.36. The van der Waals surface area contributed by atoms with Crippen LogP contribution < -0.4 is 5.32 Å². The van der Waals surface area contributed by atoms with Gasteiger partial charge in [0.25, 0.3) is 5.91 Å². The standard InChI is InChI=1S/C9H11ClN2O4/c1-6(4-5-10)11-9(13)7-2-3-8(16-7)12(14)15/h2-3,6H,4-5H2,1H3,(H,11,13). The van der Waals surface area contributed by atoms with Crippen molar-refractivity contribution in [3.8, 4) is 0 Å². The van der Waals surface area contributed by atoms with E-state index in [0.29, 0.717) is 12.3 Å². The summed E-state index contributed by atoms with van der Waals surface area (Å²) >= 11 is 5.51. The maximum Gasteiger partial charge on any atom is 0.433 e. The van der Waals surface area contributed by atoms with Gasteiger partial charge < -0.3 is 9.73 Å². The highest BCUT2D eigenvalue weighted by atomic mass is 35.5. The highest BCUT2D eigenvalue weighted by Gasteiger charge is 2.18. The zero-order chi connectivity index (χ0) is 12.1. The van der Waals surface area contributed by atoms with Gasteiger partial charge in [0.15, 0.2) is 5.76 Å². The van der Waals surface area contributed by atoms with Crippen molar-refractivity contribution in [3.63, 3.8) is 0 Å². The molecule has 6 nitrogen and oxygen atoms in total. The predicted octanol–water partition coefficient (Wildman–Crippen LogP) is 1.93. The van der Waals surface area contributed by atoms with E-state index in [9.17, 15) is 14.9 Å². The van der Waals surface area contributed by atoms with Gasteiger partial charge in [0, 0.05) is 11.9 Å². The van der Waals surface area contributed by atoms with Crippen LogP contribution in [-0.4, -0.2) is 22.8 Å². The Labute approximate surface area is 96.7 Å². The number of nitrogens with zero attached hydrogens (tertiary/aromatic N) is 1. The minimum Gasteiger partial charge on any atom is -0.395 e. The predicted molar refractivity (Wildman–Crippen MR) is 57.6 cm³/mol. The van der Waals surface area contributed by atoms with Crippen LogP contribution in [0.1, 0.15) is 23.9 Å². The summed E-state index contributed by atoms with van der Waals surface area (Å²) in [5.41, 5.74) is 0. The van der Waals surface area contributed by atoms with Crippen LogP contribution in [0.2, 0.25) is 0 Å². The van der Waals surface area contributed by atoms with Crippen LogP contribution >= 0.6 is 11.6 Å². The van der Waals surface area contributed by atoms with Gasteiger partial charge in [-0.2, -0.15) is 0 Å². The quantitative estimate of drug-likeness (QED) is 0.489. The second kappa shape index (κ2) is 5.50. The van der Waals surface area contributed by atoms with Gasteiger partial charge in [0.05, 0.1) is 6.07 Å². The SMILES string of the molecule is CC(CCCl)NC(=O)c1ccc([N+](=O)[O-])o1. The molecule has 0 aliphatic heterocycles. The van der Waals surface area contributed by atoms with Crippen LogP contribution in [0, 0.1) is 10.1 Å². The molecule has 1 aromatic heterocycles. The van der Waals surface area contributed by atoms with E-state index >= 15 is 0 Å². The third kappa shape index (κ3) is 3.23. The molecule has 7 heteroatoms. The van der Waals surface area contributed by atoms with Crippen LogP contribution in [0.5, 0.6) is 0 Å². The molecule has 1 amide bonds. The Morgan fingerprint density at radius 2 is 2.38 bits per heavy atom. The molecule has 0 fully saturated rings. The van der Waals surface area contributed by atoms with Gasteiger partial charge in [-0.1, -0.05) is 0 Å². The van der Waals surface area contributed by atoms with Crippen molar-refractivity contribution < 1.29 is 14.1 Å². The molecule has 0 aliphatic carbocycles. The first-order chi connectivity index (χ1) is 7.54. The van der Waals surface area contributed by atoms with E-state index in [1.165, 1.54) is 6.07 Å². The number of halogens is 1. The van der Waals surface area contributed by atoms with Gasteiger partial charge in [-0.3, -0.25) is 14.9 Å². The summed E-state index contributed by atoms with van der Waals surface area (Å²) in [6.07, 6.45) is 0.621. The smallest absolute Gasteiger partial charge is 0.395 e. The van der Waals surface area contributed by atoms with Gasteiger partial charge in [-0.05, 0) is 19.4 Å². The number of nitro groups is 1. The molecule has 0 saturated carbocycles. The van der Waals surface area contributed by atoms with Gasteiger partial charge in [-0.15, -0.1) is 11.6 Å². The lowest BCUT2D eigenvalue weighted by molar-refractivity contribution is -0.402. The average molecular weight is 247 g/mol. The van der Waals surface area contributed by atoms with E-state index in [4.69, 9.17) is 16.0 Å². The summed E-state index contributed by atoms with van der Waals surface area (Å²) in [6.45, 7) is 1.79. The fraction of sp³-hybridized carbons (Fsp3) is 0.444. The zero-order valence-electron chi connectivity index (χ0n) is 8.60. The summed E-state index contributed by atoms with van der Waals surface area (Å²) in [6, 6.07) is 2.30. The molecule has 1 aromatic rings. The number of carbonyl (C=O) groups is 1. The number of hydrogen-bond donors (Lipinski definition) is 1. The molecule has 0 bridgehead atoms. The molecule has 88 valence electrons. The fourth-order valence-corrected chi connectivity index (χ4v) is 1.41. The molecule has 0 aliphatic rings. The molecular formula is C9H11ClN2O4. The molecule has 0 saturated heterocycles. The molecular weight excluding hydrogens is 236 g/mol. The van der Waals surface area contributed by atoms with Gasteiger partial charge >= 0.3 is 5.88 Å². The normalized spacial score (nSPS) is 12.1. The highest BCUT2D eigenvalue weighted by molar-refractivity contribution is 6.17. The molecule has 1 N–H and O–H groups in total. The summed E-state index contributed by atoms with van der Waals surface area (Å²) in [5, 5.41) is 12.9. The molecule has 1 heterocycles. The van der Waals surface area contributed by atoms with Crippen molar-refractivity contribution in [2.45, 2.75) is 19.4 Å². The molecule has 0 aromatic carbocycles. The van der Waals surface area contributed by atoms with E-state index in [1.807, 2.05) is 0 Å². The van der Waals surface area contributed by atoms with Crippen molar-refractivity contribution in [3.05, 3.63) is 28.0 Å². The number of rotatable bonds is 5. The average Bonchev–Trinajstić information content (AvgIpc) is 2.66. The first-order valence-electron chi connectivity index (χ1n) is 4.65. The Hall–Kier alpha value is -1.56. The minimum atomic E-state index is -0.695. The van der Waals surface area contributed by atoms with E-state index in [-0.39, 0.29) is 11.8 Å². The third-order valence-electron chi connectivity index (χ3n) is 1.92. The molecule has 1 unspecified atom stereocenters. The lowest BCUT2D eigenvalue weighted by atomic mass is 10.2. The van der Waals surface area contributed by atoms with Gasteiger partial charge in [0.2, 0.25) is 0 Å². The van der Waals surface area contributed by atoms with E-state index in [2.05, 4.69) is 5.32 Å². The highest BCUT2D eigenvalue weighted by Crippen LogP contribution is 2.15. The summed E-state index contributed by atoms with van der Waals surface area (Å²) in [4.78, 5) is 21.1. The number of carbonyl (C=O) groups excluding carboxylic acids is 1. The summed E-state index contributed by atoms with van der Waals surface area (Å²) in [5.74, 6) is -0.575. The second-order valence-electron chi connectivity index (χ2n) is 3.25. The first-order valence-corrected chi connectivity index (χ1v) is 5.19. The number of nitrogens with one attached hydrogen (secondary N) is 1. The Morgan fingerprint density at radius 3 is 2.88 bits per heavy atom. The first kappa shape index (κ1) is 12.5. The topological polar surface area (TPSA) is 85.4 Å². The van der Waals surface area contributed by atoms with Crippen LogP contribution in [0.15, 0.2) is 16.5 Å².